The van der Waals surface area contributed by atoms with E-state index in [1.165, 1.54) is 0 Å². The topological polar surface area (TPSA) is 75.4 Å². The number of anilines is 2. The Bertz CT molecular complexity index is 948. The van der Waals surface area contributed by atoms with Crippen LogP contribution in [0.25, 0.3) is 5.65 Å². The first-order valence-electron chi connectivity index (χ1n) is 8.61. The molecule has 8 heteroatoms. The van der Waals surface area contributed by atoms with Gasteiger partial charge in [0.1, 0.15) is 5.82 Å². The van der Waals surface area contributed by atoms with Crippen LogP contribution in [0.1, 0.15) is 18.7 Å². The van der Waals surface area contributed by atoms with Gasteiger partial charge in [-0.3, -0.25) is 4.79 Å². The van der Waals surface area contributed by atoms with Crippen molar-refractivity contribution in [1.29, 1.82) is 0 Å². The number of carbonyl (C=O) groups is 1. The molecule has 0 atom stereocenters. The average Bonchev–Trinajstić information content (AvgIpc) is 3.04. The van der Waals surface area contributed by atoms with E-state index in [0.717, 1.165) is 43.2 Å². The van der Waals surface area contributed by atoms with E-state index >= 15 is 0 Å². The Labute approximate surface area is 156 Å². The molecule has 0 unspecified atom stereocenters. The van der Waals surface area contributed by atoms with Crippen LogP contribution in [-0.2, 0) is 4.79 Å². The standard InChI is InChI=1S/C18H19ClN6O/c1-12-21-22-16-6-7-17(23-25(12)16)24-10-8-13(9-11-24)18(26)20-15-5-3-2-4-14(15)19/h2-7,13H,8-11H2,1H3,(H,20,26). The van der Waals surface area contributed by atoms with Crippen molar-refractivity contribution in [2.45, 2.75) is 19.8 Å². The van der Waals surface area contributed by atoms with Crippen LogP contribution in [0.15, 0.2) is 36.4 Å². The molecule has 0 spiro atoms. The molecule has 3 aromatic rings. The highest BCUT2D eigenvalue weighted by molar-refractivity contribution is 6.33. The minimum atomic E-state index is -0.0251. The van der Waals surface area contributed by atoms with Crippen molar-refractivity contribution in [3.05, 3.63) is 47.2 Å². The largest absolute Gasteiger partial charge is 0.355 e. The molecule has 2 aromatic heterocycles. The molecule has 1 saturated heterocycles. The molecule has 1 amide bonds. The first-order valence-corrected chi connectivity index (χ1v) is 8.99. The van der Waals surface area contributed by atoms with Crippen molar-refractivity contribution < 1.29 is 4.79 Å². The number of rotatable bonds is 3. The third-order valence-electron chi connectivity index (χ3n) is 4.73. The van der Waals surface area contributed by atoms with Crippen molar-refractivity contribution in [2.24, 2.45) is 5.92 Å². The molecule has 1 aliphatic heterocycles. The minimum absolute atomic E-state index is 0.0239. The lowest BCUT2D eigenvalue weighted by molar-refractivity contribution is -0.120. The summed E-state index contributed by atoms with van der Waals surface area (Å²) >= 11 is 6.12. The van der Waals surface area contributed by atoms with Crippen LogP contribution < -0.4 is 10.2 Å². The van der Waals surface area contributed by atoms with E-state index in [1.807, 2.05) is 37.3 Å². The van der Waals surface area contributed by atoms with Gasteiger partial charge in [-0.25, -0.2) is 0 Å². The van der Waals surface area contributed by atoms with Gasteiger partial charge in [0.05, 0.1) is 10.7 Å². The average molecular weight is 371 g/mol. The number of fused-ring (bicyclic) bond motifs is 1. The maximum atomic E-state index is 12.5. The maximum absolute atomic E-state index is 12.5. The number of aryl methyl sites for hydroxylation is 1. The number of halogens is 1. The molecule has 3 heterocycles. The zero-order valence-corrected chi connectivity index (χ0v) is 15.1. The van der Waals surface area contributed by atoms with Gasteiger partial charge in [-0.15, -0.1) is 15.3 Å². The van der Waals surface area contributed by atoms with E-state index in [0.29, 0.717) is 10.7 Å². The molecule has 0 bridgehead atoms. The quantitative estimate of drug-likeness (QED) is 0.767. The second-order valence-corrected chi connectivity index (χ2v) is 6.85. The molecule has 0 saturated carbocycles. The second kappa shape index (κ2) is 6.92. The highest BCUT2D eigenvalue weighted by Gasteiger charge is 2.26. The van der Waals surface area contributed by atoms with Gasteiger partial charge in [0.15, 0.2) is 11.5 Å². The third-order valence-corrected chi connectivity index (χ3v) is 5.06. The van der Waals surface area contributed by atoms with Crippen LogP contribution >= 0.6 is 11.6 Å². The summed E-state index contributed by atoms with van der Waals surface area (Å²) in [6.07, 6.45) is 1.55. The molecular formula is C18H19ClN6O. The zero-order valence-electron chi connectivity index (χ0n) is 14.4. The lowest BCUT2D eigenvalue weighted by atomic mass is 9.96. The smallest absolute Gasteiger partial charge is 0.227 e. The van der Waals surface area contributed by atoms with Gasteiger partial charge in [-0.1, -0.05) is 23.7 Å². The molecule has 26 heavy (non-hydrogen) atoms. The van der Waals surface area contributed by atoms with Gasteiger partial charge in [0, 0.05) is 19.0 Å². The summed E-state index contributed by atoms with van der Waals surface area (Å²) in [5.41, 5.74) is 1.40. The second-order valence-electron chi connectivity index (χ2n) is 6.44. The van der Waals surface area contributed by atoms with Gasteiger partial charge in [0.25, 0.3) is 0 Å². The molecular weight excluding hydrogens is 352 g/mol. The number of hydrogen-bond acceptors (Lipinski definition) is 5. The predicted octanol–water partition coefficient (Wildman–Crippen LogP) is 2.94. The van der Waals surface area contributed by atoms with Crippen LogP contribution in [-0.4, -0.2) is 38.8 Å². The Hall–Kier alpha value is -2.67. The molecule has 7 nitrogen and oxygen atoms in total. The summed E-state index contributed by atoms with van der Waals surface area (Å²) in [6, 6.07) is 11.2. The van der Waals surface area contributed by atoms with Crippen LogP contribution in [0.2, 0.25) is 5.02 Å². The van der Waals surface area contributed by atoms with E-state index in [2.05, 4.69) is 25.5 Å². The van der Waals surface area contributed by atoms with E-state index in [-0.39, 0.29) is 11.8 Å². The summed E-state index contributed by atoms with van der Waals surface area (Å²) in [6.45, 7) is 3.43. The highest BCUT2D eigenvalue weighted by atomic mass is 35.5. The van der Waals surface area contributed by atoms with Crippen LogP contribution in [0, 0.1) is 12.8 Å². The Balaban J connectivity index is 1.41. The fourth-order valence-electron chi connectivity index (χ4n) is 3.22. The number of piperidine rings is 1. The molecule has 1 fully saturated rings. The first kappa shape index (κ1) is 16.8. The van der Waals surface area contributed by atoms with Crippen molar-refractivity contribution in [2.75, 3.05) is 23.3 Å². The fourth-order valence-corrected chi connectivity index (χ4v) is 3.41. The van der Waals surface area contributed by atoms with E-state index in [4.69, 9.17) is 11.6 Å². The summed E-state index contributed by atoms with van der Waals surface area (Å²) in [7, 11) is 0. The number of benzene rings is 1. The van der Waals surface area contributed by atoms with Gasteiger partial charge < -0.3 is 10.2 Å². The monoisotopic (exact) mass is 370 g/mol. The molecule has 0 aliphatic carbocycles. The van der Waals surface area contributed by atoms with E-state index in [9.17, 15) is 4.79 Å². The number of carbonyl (C=O) groups excluding carboxylic acids is 1. The predicted molar refractivity (Wildman–Crippen MR) is 101 cm³/mol. The normalized spacial score (nSPS) is 15.4. The Morgan fingerprint density at radius 2 is 1.92 bits per heavy atom. The molecule has 0 radical (unpaired) electrons. The SMILES string of the molecule is Cc1nnc2ccc(N3CCC(C(=O)Nc4ccccc4Cl)CC3)nn12. The molecule has 134 valence electrons. The van der Waals surface area contributed by atoms with Crippen molar-refractivity contribution in [3.63, 3.8) is 0 Å². The van der Waals surface area contributed by atoms with E-state index < -0.39 is 0 Å². The maximum Gasteiger partial charge on any atom is 0.227 e. The number of nitrogens with one attached hydrogen (secondary N) is 1. The van der Waals surface area contributed by atoms with Crippen molar-refractivity contribution >= 4 is 34.7 Å². The summed E-state index contributed by atoms with van der Waals surface area (Å²) < 4.78 is 1.74. The van der Waals surface area contributed by atoms with Gasteiger partial charge >= 0.3 is 0 Å². The van der Waals surface area contributed by atoms with Crippen LogP contribution in [0.5, 0.6) is 0 Å². The van der Waals surface area contributed by atoms with Gasteiger partial charge in [-0.2, -0.15) is 4.52 Å². The molecule has 1 aliphatic rings. The van der Waals surface area contributed by atoms with Crippen LogP contribution in [0.3, 0.4) is 0 Å². The Morgan fingerprint density at radius 1 is 1.15 bits per heavy atom. The summed E-state index contributed by atoms with van der Waals surface area (Å²) in [4.78, 5) is 14.7. The Morgan fingerprint density at radius 3 is 2.69 bits per heavy atom. The number of aromatic nitrogens is 4. The number of para-hydroxylation sites is 1. The van der Waals surface area contributed by atoms with Crippen molar-refractivity contribution in [1.82, 2.24) is 19.8 Å². The first-order chi connectivity index (χ1) is 12.6. The van der Waals surface area contributed by atoms with Gasteiger partial charge in [-0.05, 0) is 44.0 Å². The number of hydrogen-bond donors (Lipinski definition) is 1. The van der Waals surface area contributed by atoms with Gasteiger partial charge in [0.2, 0.25) is 5.91 Å². The molecule has 1 aromatic carbocycles. The lowest BCUT2D eigenvalue weighted by Gasteiger charge is -2.32. The summed E-state index contributed by atoms with van der Waals surface area (Å²) in [5, 5.41) is 16.2. The van der Waals surface area contributed by atoms with E-state index in [1.54, 1.807) is 10.6 Å². The van der Waals surface area contributed by atoms with Crippen molar-refractivity contribution in [3.8, 4) is 0 Å². The molecule has 1 N–H and O–H groups in total. The third kappa shape index (κ3) is 3.22. The zero-order chi connectivity index (χ0) is 18.1. The Kier molecular flexibility index (Phi) is 4.46. The minimum Gasteiger partial charge on any atom is -0.355 e. The van der Waals surface area contributed by atoms with Crippen LogP contribution in [0.4, 0.5) is 11.5 Å². The molecule has 4 rings (SSSR count). The number of amides is 1. The highest BCUT2D eigenvalue weighted by Crippen LogP contribution is 2.25. The lowest BCUT2D eigenvalue weighted by Crippen LogP contribution is -2.38. The fraction of sp³-hybridized carbons (Fsp3) is 0.333. The summed E-state index contributed by atoms with van der Waals surface area (Å²) in [5.74, 6) is 1.64. The number of nitrogens with zero attached hydrogens (tertiary/aromatic N) is 5.